The number of hydrogen-bond acceptors (Lipinski definition) is 3. The van der Waals surface area contributed by atoms with Crippen molar-refractivity contribution in [2.45, 2.75) is 13.1 Å². The van der Waals surface area contributed by atoms with Crippen molar-refractivity contribution in [2.24, 2.45) is 0 Å². The highest BCUT2D eigenvalue weighted by molar-refractivity contribution is 14.1. The van der Waals surface area contributed by atoms with Crippen molar-refractivity contribution in [3.63, 3.8) is 0 Å². The molecule has 0 unspecified atom stereocenters. The molecule has 0 amide bonds. The van der Waals surface area contributed by atoms with Crippen LogP contribution in [0.5, 0.6) is 11.5 Å². The predicted octanol–water partition coefficient (Wildman–Crippen LogP) is 5.39. The Kier molecular flexibility index (Phi) is 7.71. The molecule has 0 bridgehead atoms. The average molecular weight is 518 g/mol. The molecule has 0 aliphatic heterocycles. The summed E-state index contributed by atoms with van der Waals surface area (Å²) in [4.78, 5) is 2.08. The van der Waals surface area contributed by atoms with E-state index >= 15 is 0 Å². The van der Waals surface area contributed by atoms with Gasteiger partial charge in [0.05, 0.1) is 20.8 Å². The van der Waals surface area contributed by atoms with Gasteiger partial charge in [-0.3, -0.25) is 0 Å². The SMILES string of the molecule is COc1ccc(CN(C(=S)NCc2ccccc2)c2ccc(I)cc2)c(OC)c1. The van der Waals surface area contributed by atoms with Gasteiger partial charge in [-0.05, 0) is 76.8 Å². The first-order valence-corrected chi connectivity index (χ1v) is 10.6. The van der Waals surface area contributed by atoms with Gasteiger partial charge in [-0.15, -0.1) is 0 Å². The summed E-state index contributed by atoms with van der Waals surface area (Å²) in [6.45, 7) is 1.24. The number of nitrogens with zero attached hydrogens (tertiary/aromatic N) is 1. The summed E-state index contributed by atoms with van der Waals surface area (Å²) in [6.07, 6.45) is 0. The lowest BCUT2D eigenvalue weighted by atomic mass is 10.1. The van der Waals surface area contributed by atoms with Crippen LogP contribution in [0.2, 0.25) is 0 Å². The number of anilines is 1. The van der Waals surface area contributed by atoms with Gasteiger partial charge < -0.3 is 19.7 Å². The number of ether oxygens (including phenoxy) is 2. The number of methoxy groups -OCH3 is 2. The zero-order valence-corrected chi connectivity index (χ0v) is 19.4. The largest absolute Gasteiger partial charge is 0.497 e. The zero-order chi connectivity index (χ0) is 20.6. The van der Waals surface area contributed by atoms with Gasteiger partial charge in [0.1, 0.15) is 11.5 Å². The van der Waals surface area contributed by atoms with E-state index in [-0.39, 0.29) is 0 Å². The van der Waals surface area contributed by atoms with Gasteiger partial charge in [0.15, 0.2) is 5.11 Å². The van der Waals surface area contributed by atoms with E-state index in [4.69, 9.17) is 21.7 Å². The molecule has 0 saturated carbocycles. The Morgan fingerprint density at radius 1 is 0.966 bits per heavy atom. The fourth-order valence-electron chi connectivity index (χ4n) is 2.92. The number of halogens is 1. The second-order valence-electron chi connectivity index (χ2n) is 6.38. The molecular weight excluding hydrogens is 495 g/mol. The number of nitrogens with one attached hydrogen (secondary N) is 1. The average Bonchev–Trinajstić information content (AvgIpc) is 2.77. The minimum Gasteiger partial charge on any atom is -0.497 e. The van der Waals surface area contributed by atoms with Crippen LogP contribution in [0.1, 0.15) is 11.1 Å². The van der Waals surface area contributed by atoms with Crippen molar-refractivity contribution < 1.29 is 9.47 Å². The van der Waals surface area contributed by atoms with Crippen molar-refractivity contribution in [1.29, 1.82) is 0 Å². The van der Waals surface area contributed by atoms with E-state index in [1.165, 1.54) is 9.13 Å². The third-order valence-electron chi connectivity index (χ3n) is 4.49. The molecule has 0 radical (unpaired) electrons. The second-order valence-corrected chi connectivity index (χ2v) is 8.02. The molecule has 150 valence electrons. The lowest BCUT2D eigenvalue weighted by Gasteiger charge is -2.27. The summed E-state index contributed by atoms with van der Waals surface area (Å²) in [7, 11) is 3.31. The Labute approximate surface area is 191 Å². The van der Waals surface area contributed by atoms with Crippen LogP contribution in [0, 0.1) is 3.57 Å². The molecule has 3 aromatic carbocycles. The molecule has 0 aliphatic rings. The summed E-state index contributed by atoms with van der Waals surface area (Å²) < 4.78 is 12.1. The molecule has 0 fully saturated rings. The molecule has 1 N–H and O–H groups in total. The molecule has 0 heterocycles. The molecule has 0 atom stereocenters. The zero-order valence-electron chi connectivity index (χ0n) is 16.4. The predicted molar refractivity (Wildman–Crippen MR) is 131 cm³/mol. The number of rotatable bonds is 7. The second kappa shape index (κ2) is 10.5. The lowest BCUT2D eigenvalue weighted by molar-refractivity contribution is 0.391. The first-order valence-electron chi connectivity index (χ1n) is 9.16. The van der Waals surface area contributed by atoms with Gasteiger partial charge in [0.25, 0.3) is 0 Å². The Morgan fingerprint density at radius 2 is 1.69 bits per heavy atom. The van der Waals surface area contributed by atoms with Crippen molar-refractivity contribution in [3.05, 3.63) is 87.5 Å². The van der Waals surface area contributed by atoms with E-state index < -0.39 is 0 Å². The van der Waals surface area contributed by atoms with Gasteiger partial charge in [-0.1, -0.05) is 30.3 Å². The van der Waals surface area contributed by atoms with Crippen LogP contribution in [0.25, 0.3) is 0 Å². The van der Waals surface area contributed by atoms with E-state index in [1.54, 1.807) is 14.2 Å². The van der Waals surface area contributed by atoms with Crippen LogP contribution >= 0.6 is 34.8 Å². The molecule has 29 heavy (non-hydrogen) atoms. The third-order valence-corrected chi connectivity index (χ3v) is 5.58. The fraction of sp³-hybridized carbons (Fsp3) is 0.174. The molecule has 0 saturated heterocycles. The number of thiocarbonyl (C=S) groups is 1. The van der Waals surface area contributed by atoms with Crippen molar-refractivity contribution in [3.8, 4) is 11.5 Å². The highest BCUT2D eigenvalue weighted by Crippen LogP contribution is 2.28. The summed E-state index contributed by atoms with van der Waals surface area (Å²) in [5, 5.41) is 4.04. The fourth-order valence-corrected chi connectivity index (χ4v) is 3.52. The Hall–Kier alpha value is -2.32. The normalized spacial score (nSPS) is 10.3. The monoisotopic (exact) mass is 518 g/mol. The Bertz CT molecular complexity index is 949. The van der Waals surface area contributed by atoms with Crippen molar-refractivity contribution in [1.82, 2.24) is 5.32 Å². The first kappa shape index (κ1) is 21.4. The number of benzene rings is 3. The molecule has 0 aliphatic carbocycles. The Morgan fingerprint density at radius 3 is 2.34 bits per heavy atom. The van der Waals surface area contributed by atoms with Crippen molar-refractivity contribution >= 4 is 45.6 Å². The highest BCUT2D eigenvalue weighted by Gasteiger charge is 2.16. The van der Waals surface area contributed by atoms with Gasteiger partial charge in [-0.25, -0.2) is 0 Å². The quantitative estimate of drug-likeness (QED) is 0.335. The van der Waals surface area contributed by atoms with Crippen LogP contribution in [-0.4, -0.2) is 19.3 Å². The molecule has 3 aromatic rings. The third kappa shape index (κ3) is 5.83. The topological polar surface area (TPSA) is 33.7 Å². The summed E-state index contributed by atoms with van der Waals surface area (Å²) in [5.74, 6) is 1.53. The van der Waals surface area contributed by atoms with E-state index in [9.17, 15) is 0 Å². The van der Waals surface area contributed by atoms with Crippen molar-refractivity contribution in [2.75, 3.05) is 19.1 Å². The summed E-state index contributed by atoms with van der Waals surface area (Å²) >= 11 is 8.07. The molecule has 3 rings (SSSR count). The highest BCUT2D eigenvalue weighted by atomic mass is 127. The first-order chi connectivity index (χ1) is 14.1. The molecule has 4 nitrogen and oxygen atoms in total. The smallest absolute Gasteiger partial charge is 0.174 e. The van der Waals surface area contributed by atoms with Gasteiger partial charge in [0, 0.05) is 27.4 Å². The van der Waals surface area contributed by atoms with Crippen LogP contribution in [0.15, 0.2) is 72.8 Å². The van der Waals surface area contributed by atoms with E-state index in [0.29, 0.717) is 18.2 Å². The minimum absolute atomic E-state index is 0.578. The van der Waals surface area contributed by atoms with Gasteiger partial charge in [0.2, 0.25) is 0 Å². The van der Waals surface area contributed by atoms with E-state index in [1.807, 2.05) is 36.4 Å². The molecule has 0 aromatic heterocycles. The van der Waals surface area contributed by atoms with Crippen LogP contribution < -0.4 is 19.7 Å². The van der Waals surface area contributed by atoms with Gasteiger partial charge in [-0.2, -0.15) is 0 Å². The lowest BCUT2D eigenvalue weighted by Crippen LogP contribution is -2.39. The summed E-state index contributed by atoms with van der Waals surface area (Å²) in [6, 6.07) is 24.4. The molecule has 0 spiro atoms. The van der Waals surface area contributed by atoms with Crippen LogP contribution in [-0.2, 0) is 13.1 Å². The maximum atomic E-state index is 5.76. The minimum atomic E-state index is 0.578. The Balaban J connectivity index is 1.85. The van der Waals surface area contributed by atoms with Crippen LogP contribution in [0.3, 0.4) is 0 Å². The van der Waals surface area contributed by atoms with Gasteiger partial charge >= 0.3 is 0 Å². The standard InChI is InChI=1S/C23H23IN2O2S/c1-27-21-13-8-18(22(14-21)28-2)16-26(20-11-9-19(24)10-12-20)23(29)25-15-17-6-4-3-5-7-17/h3-14H,15-16H2,1-2H3,(H,25,29). The van der Waals surface area contributed by atoms with E-state index in [2.05, 4.69) is 69.2 Å². The van der Waals surface area contributed by atoms with E-state index in [0.717, 1.165) is 22.7 Å². The maximum absolute atomic E-state index is 5.76. The summed E-state index contributed by atoms with van der Waals surface area (Å²) in [5.41, 5.74) is 3.23. The maximum Gasteiger partial charge on any atom is 0.174 e. The van der Waals surface area contributed by atoms with Crippen LogP contribution in [0.4, 0.5) is 5.69 Å². The molecule has 6 heteroatoms. The molecular formula is C23H23IN2O2S. The number of hydrogen-bond donors (Lipinski definition) is 1.